The number of fused-ring (bicyclic) bond motifs is 1. The molecule has 1 atom stereocenters. The van der Waals surface area contributed by atoms with Crippen LogP contribution < -0.4 is 24.8 Å². The van der Waals surface area contributed by atoms with E-state index in [9.17, 15) is 0 Å². The molecular formula is C18H20Cl2Zr. The second-order valence-corrected chi connectivity index (χ2v) is 9.05. The third-order valence-corrected chi connectivity index (χ3v) is 8.11. The maximum absolute atomic E-state index is 2.46. The normalized spacial score (nSPS) is 18.0. The summed E-state index contributed by atoms with van der Waals surface area (Å²) in [6.07, 6.45) is 14.8. The topological polar surface area (TPSA) is 0 Å². The molecule has 3 heteroatoms. The number of allylic oxidation sites excluding steroid dienone is 5. The molecule has 1 aromatic carbocycles. The van der Waals surface area contributed by atoms with Crippen LogP contribution in [0.3, 0.4) is 0 Å². The first kappa shape index (κ1) is 19.0. The molecule has 2 aliphatic rings. The summed E-state index contributed by atoms with van der Waals surface area (Å²) in [6.45, 7) is 2.29. The Morgan fingerprint density at radius 2 is 1.95 bits per heavy atom. The zero-order chi connectivity index (χ0) is 13.1. The molecule has 110 valence electrons. The number of hydrogen-bond donors (Lipinski definition) is 0. The van der Waals surface area contributed by atoms with Crippen molar-refractivity contribution in [2.45, 2.75) is 36.2 Å². The van der Waals surface area contributed by atoms with E-state index in [-0.39, 0.29) is 24.8 Å². The van der Waals surface area contributed by atoms with Gasteiger partial charge in [-0.25, -0.2) is 0 Å². The van der Waals surface area contributed by atoms with Crippen molar-refractivity contribution < 1.29 is 48.0 Å². The van der Waals surface area contributed by atoms with E-state index >= 15 is 0 Å². The summed E-state index contributed by atoms with van der Waals surface area (Å²) in [5.74, 6) is 0. The third-order valence-electron chi connectivity index (χ3n) is 3.96. The van der Waals surface area contributed by atoms with Gasteiger partial charge in [-0.15, -0.1) is 0 Å². The Bertz CT molecular complexity index is 558. The zero-order valence-corrected chi connectivity index (χ0v) is 16.3. The number of rotatable bonds is 5. The summed E-state index contributed by atoms with van der Waals surface area (Å²) in [7, 11) is 0. The molecule has 21 heavy (non-hydrogen) atoms. The van der Waals surface area contributed by atoms with Crippen LogP contribution in [0.2, 0.25) is 0 Å². The van der Waals surface area contributed by atoms with Crippen molar-refractivity contribution in [3.63, 3.8) is 0 Å². The van der Waals surface area contributed by atoms with E-state index in [0.29, 0.717) is 0 Å². The molecule has 0 amide bonds. The third kappa shape index (κ3) is 4.44. The molecule has 0 nitrogen and oxygen atoms in total. The van der Waals surface area contributed by atoms with Crippen LogP contribution in [0, 0.1) is 0 Å². The van der Waals surface area contributed by atoms with E-state index < -0.39 is 23.2 Å². The van der Waals surface area contributed by atoms with Crippen molar-refractivity contribution in [2.75, 3.05) is 0 Å². The van der Waals surface area contributed by atoms with E-state index in [1.807, 2.05) is 3.28 Å². The van der Waals surface area contributed by atoms with E-state index in [1.165, 1.54) is 31.2 Å². The van der Waals surface area contributed by atoms with E-state index in [2.05, 4.69) is 55.5 Å². The molecule has 3 rings (SSSR count). The molecule has 0 heterocycles. The molecule has 1 unspecified atom stereocenters. The van der Waals surface area contributed by atoms with Gasteiger partial charge in [-0.3, -0.25) is 0 Å². The van der Waals surface area contributed by atoms with E-state index in [0.717, 1.165) is 3.63 Å². The Hall–Kier alpha value is -0.0969. The SMILES string of the molecule is CCCCC1=[C]([Zr+2][CH]2C=Cc3ccccc32)CC=C1.[Cl-].[Cl-]. The average Bonchev–Trinajstić information content (AvgIpc) is 3.05. The van der Waals surface area contributed by atoms with Crippen molar-refractivity contribution in [1.82, 2.24) is 0 Å². The van der Waals surface area contributed by atoms with Gasteiger partial charge in [-0.1, -0.05) is 0 Å². The molecule has 0 fully saturated rings. The van der Waals surface area contributed by atoms with Crippen molar-refractivity contribution >= 4 is 6.08 Å². The fourth-order valence-electron chi connectivity index (χ4n) is 2.87. The number of benzene rings is 1. The van der Waals surface area contributed by atoms with Gasteiger partial charge in [0.2, 0.25) is 0 Å². The predicted molar refractivity (Wildman–Crippen MR) is 78.5 cm³/mol. The van der Waals surface area contributed by atoms with E-state index in [1.54, 1.807) is 11.1 Å². The van der Waals surface area contributed by atoms with Crippen molar-refractivity contribution in [2.24, 2.45) is 0 Å². The van der Waals surface area contributed by atoms with Crippen LogP contribution in [0.4, 0.5) is 0 Å². The Morgan fingerprint density at radius 1 is 1.14 bits per heavy atom. The summed E-state index contributed by atoms with van der Waals surface area (Å²) >= 11 is -0.503. The van der Waals surface area contributed by atoms with Gasteiger partial charge in [0, 0.05) is 0 Å². The number of hydrogen-bond acceptors (Lipinski definition) is 0. The smallest absolute Gasteiger partial charge is 1.00 e. The van der Waals surface area contributed by atoms with Crippen LogP contribution in [0.15, 0.2) is 51.3 Å². The summed E-state index contributed by atoms with van der Waals surface area (Å²) < 4.78 is 2.61. The first-order valence-electron chi connectivity index (χ1n) is 7.30. The predicted octanol–water partition coefficient (Wildman–Crippen LogP) is -0.751. The average molecular weight is 398 g/mol. The van der Waals surface area contributed by atoms with Gasteiger partial charge in [0.15, 0.2) is 0 Å². The number of unbranched alkanes of at least 4 members (excludes halogenated alkanes) is 1. The Balaban J connectivity index is 0.00000110. The van der Waals surface area contributed by atoms with Gasteiger partial charge >= 0.3 is 128 Å². The minimum atomic E-state index is -0.503. The first-order valence-corrected chi connectivity index (χ1v) is 9.95. The van der Waals surface area contributed by atoms with Crippen LogP contribution in [-0.2, 0) is 23.2 Å². The standard InChI is InChI=1S/C9H7.C9H13.2ClH.Zr/c1-2-5-9-7-3-6-8(9)4-1;1-2-3-6-9-7-4-5-8-9;;;/h1-7H;4,7H,2-3,5-6H2,1H3;2*1H;/q;;;;+2/p-2. The zero-order valence-electron chi connectivity index (χ0n) is 12.3. The Morgan fingerprint density at radius 3 is 2.76 bits per heavy atom. The molecule has 0 aromatic heterocycles. The fraction of sp³-hybridized carbons (Fsp3) is 0.333. The second kappa shape index (κ2) is 9.13. The van der Waals surface area contributed by atoms with Crippen molar-refractivity contribution in [1.29, 1.82) is 0 Å². The van der Waals surface area contributed by atoms with Gasteiger partial charge in [0.25, 0.3) is 0 Å². The monoisotopic (exact) mass is 396 g/mol. The molecule has 0 spiro atoms. The van der Waals surface area contributed by atoms with Crippen molar-refractivity contribution in [3.05, 3.63) is 62.5 Å². The summed E-state index contributed by atoms with van der Waals surface area (Å²) in [6, 6.07) is 8.93. The Kier molecular flexibility index (Phi) is 8.24. The van der Waals surface area contributed by atoms with Gasteiger partial charge in [0.05, 0.1) is 0 Å². The van der Waals surface area contributed by atoms with Gasteiger partial charge in [-0.05, 0) is 0 Å². The Labute approximate surface area is 152 Å². The molecule has 0 saturated heterocycles. The largest absolute Gasteiger partial charge is 1.00 e. The van der Waals surface area contributed by atoms with Gasteiger partial charge in [0.1, 0.15) is 0 Å². The molecule has 2 aliphatic carbocycles. The molecule has 0 bridgehead atoms. The summed E-state index contributed by atoms with van der Waals surface area (Å²) in [4.78, 5) is 0. The van der Waals surface area contributed by atoms with Gasteiger partial charge < -0.3 is 24.8 Å². The molecule has 0 saturated carbocycles. The van der Waals surface area contributed by atoms with Crippen LogP contribution in [-0.4, -0.2) is 0 Å². The number of halogens is 2. The first-order chi connectivity index (χ1) is 9.38. The minimum Gasteiger partial charge on any atom is -1.00 e. The molecular weight excluding hydrogens is 378 g/mol. The maximum Gasteiger partial charge on any atom is -1.00 e. The summed E-state index contributed by atoms with van der Waals surface area (Å²) in [5, 5.41) is 0. The quantitative estimate of drug-likeness (QED) is 0.613. The summed E-state index contributed by atoms with van der Waals surface area (Å²) in [5.41, 5.74) is 4.73. The maximum atomic E-state index is 2.46. The second-order valence-electron chi connectivity index (χ2n) is 5.32. The van der Waals surface area contributed by atoms with E-state index in [4.69, 9.17) is 0 Å². The van der Waals surface area contributed by atoms with Gasteiger partial charge in [-0.2, -0.15) is 0 Å². The molecule has 0 aliphatic heterocycles. The molecule has 0 N–H and O–H groups in total. The minimum absolute atomic E-state index is 0. The van der Waals surface area contributed by atoms with Crippen LogP contribution in [0.1, 0.15) is 47.4 Å². The van der Waals surface area contributed by atoms with Crippen LogP contribution in [0.5, 0.6) is 0 Å². The fourth-order valence-corrected chi connectivity index (χ4v) is 6.84. The molecule has 0 radical (unpaired) electrons. The molecule has 1 aromatic rings. The van der Waals surface area contributed by atoms with Crippen LogP contribution in [0.25, 0.3) is 6.08 Å². The van der Waals surface area contributed by atoms with Crippen LogP contribution >= 0.6 is 0 Å². The van der Waals surface area contributed by atoms with Crippen molar-refractivity contribution in [3.8, 4) is 0 Å².